The van der Waals surface area contributed by atoms with Crippen LogP contribution >= 0.6 is 0 Å². The van der Waals surface area contributed by atoms with Crippen LogP contribution in [0.4, 0.5) is 14.9 Å². The summed E-state index contributed by atoms with van der Waals surface area (Å²) in [6, 6.07) is 3.03. The van der Waals surface area contributed by atoms with Gasteiger partial charge in [0.05, 0.1) is 5.69 Å². The fraction of sp³-hybridized carbons (Fsp3) is 0.579. The van der Waals surface area contributed by atoms with Crippen molar-refractivity contribution in [2.75, 3.05) is 24.5 Å². The van der Waals surface area contributed by atoms with Gasteiger partial charge in [-0.3, -0.25) is 9.69 Å². The highest BCUT2D eigenvalue weighted by Gasteiger charge is 2.52. The van der Waals surface area contributed by atoms with Gasteiger partial charge in [0, 0.05) is 19.6 Å². The number of urea groups is 1. The lowest BCUT2D eigenvalue weighted by molar-refractivity contribution is -0.131. The van der Waals surface area contributed by atoms with Crippen LogP contribution in [0, 0.1) is 12.7 Å². The first-order chi connectivity index (χ1) is 12.0. The smallest absolute Gasteiger partial charge is 0.325 e. The molecule has 1 N–H and O–H groups in total. The SMILES string of the molecule is Cc1ccc(F)c2c1CCCN2CCN1C(=O)NC2(CCCC2)C1=O. The molecular formula is C19H24FN3O2. The van der Waals surface area contributed by atoms with Gasteiger partial charge in [0.2, 0.25) is 0 Å². The normalized spacial score (nSPS) is 21.8. The molecule has 2 heterocycles. The highest BCUT2D eigenvalue weighted by molar-refractivity contribution is 6.07. The fourth-order valence-corrected chi connectivity index (χ4v) is 4.57. The molecular weight excluding hydrogens is 321 g/mol. The van der Waals surface area contributed by atoms with Crippen molar-refractivity contribution in [3.63, 3.8) is 0 Å². The summed E-state index contributed by atoms with van der Waals surface area (Å²) in [7, 11) is 0. The summed E-state index contributed by atoms with van der Waals surface area (Å²) in [4.78, 5) is 28.3. The van der Waals surface area contributed by atoms with Crippen molar-refractivity contribution in [3.8, 4) is 0 Å². The highest BCUT2D eigenvalue weighted by Crippen LogP contribution is 2.36. The maximum atomic E-state index is 14.4. The van der Waals surface area contributed by atoms with Crippen molar-refractivity contribution in [2.45, 2.75) is 51.0 Å². The zero-order valence-electron chi connectivity index (χ0n) is 14.6. The topological polar surface area (TPSA) is 52.6 Å². The lowest BCUT2D eigenvalue weighted by atomic mass is 9.96. The number of fused-ring (bicyclic) bond motifs is 1. The van der Waals surface area contributed by atoms with Gasteiger partial charge in [0.15, 0.2) is 0 Å². The second-order valence-electron chi connectivity index (χ2n) is 7.46. The van der Waals surface area contributed by atoms with Crippen molar-refractivity contribution in [3.05, 3.63) is 29.1 Å². The predicted octanol–water partition coefficient (Wildman–Crippen LogP) is 2.75. The third kappa shape index (κ3) is 2.58. The molecule has 6 heteroatoms. The molecule has 2 fully saturated rings. The Balaban J connectivity index is 1.51. The maximum absolute atomic E-state index is 14.4. The number of rotatable bonds is 3. The Morgan fingerprint density at radius 3 is 2.68 bits per heavy atom. The molecule has 4 rings (SSSR count). The van der Waals surface area contributed by atoms with Crippen LogP contribution in [0.5, 0.6) is 0 Å². The van der Waals surface area contributed by atoms with Crippen LogP contribution in [0.1, 0.15) is 43.2 Å². The number of benzene rings is 1. The van der Waals surface area contributed by atoms with Gasteiger partial charge in [-0.2, -0.15) is 0 Å². The molecule has 1 aliphatic carbocycles. The Labute approximate surface area is 147 Å². The van der Waals surface area contributed by atoms with E-state index >= 15 is 0 Å². The Kier molecular flexibility index (Phi) is 3.93. The summed E-state index contributed by atoms with van der Waals surface area (Å²) in [5.41, 5.74) is 2.13. The van der Waals surface area contributed by atoms with E-state index in [-0.39, 0.29) is 17.8 Å². The lowest BCUT2D eigenvalue weighted by Gasteiger charge is -2.33. The molecule has 0 atom stereocenters. The summed E-state index contributed by atoms with van der Waals surface area (Å²) in [5, 5.41) is 2.90. The van der Waals surface area contributed by atoms with Gasteiger partial charge in [-0.25, -0.2) is 9.18 Å². The number of imide groups is 1. The minimum atomic E-state index is -0.668. The molecule has 0 bridgehead atoms. The number of nitrogens with one attached hydrogen (secondary N) is 1. The first kappa shape index (κ1) is 16.4. The van der Waals surface area contributed by atoms with Gasteiger partial charge in [-0.15, -0.1) is 0 Å². The largest absolute Gasteiger partial charge is 0.367 e. The summed E-state index contributed by atoms with van der Waals surface area (Å²) < 4.78 is 14.4. The predicted molar refractivity (Wildman–Crippen MR) is 93.1 cm³/mol. The van der Waals surface area contributed by atoms with Crippen LogP contribution < -0.4 is 10.2 Å². The van der Waals surface area contributed by atoms with Crippen LogP contribution in [0.2, 0.25) is 0 Å². The Morgan fingerprint density at radius 1 is 1.16 bits per heavy atom. The van der Waals surface area contributed by atoms with Gasteiger partial charge < -0.3 is 10.2 Å². The second-order valence-corrected chi connectivity index (χ2v) is 7.46. The summed E-state index contributed by atoms with van der Waals surface area (Å²) >= 11 is 0. The molecule has 3 aliphatic rings. The molecule has 1 spiro atoms. The first-order valence-corrected chi connectivity index (χ1v) is 9.19. The van der Waals surface area contributed by atoms with Gasteiger partial charge in [-0.1, -0.05) is 18.9 Å². The summed E-state index contributed by atoms with van der Waals surface area (Å²) in [6.07, 6.45) is 5.25. The number of carbonyl (C=O) groups excluding carboxylic acids is 2. The maximum Gasteiger partial charge on any atom is 0.325 e. The molecule has 5 nitrogen and oxygen atoms in total. The van der Waals surface area contributed by atoms with E-state index in [9.17, 15) is 14.0 Å². The number of nitrogens with zero attached hydrogens (tertiary/aromatic N) is 2. The number of amides is 3. The number of hydrogen-bond acceptors (Lipinski definition) is 3. The van der Waals surface area contributed by atoms with Crippen molar-refractivity contribution in [1.29, 1.82) is 0 Å². The molecule has 134 valence electrons. The van der Waals surface area contributed by atoms with E-state index < -0.39 is 5.54 Å². The number of carbonyl (C=O) groups is 2. The molecule has 0 aromatic heterocycles. The van der Waals surface area contributed by atoms with E-state index in [4.69, 9.17) is 0 Å². The fourth-order valence-electron chi connectivity index (χ4n) is 4.57. The van der Waals surface area contributed by atoms with Crippen LogP contribution in [0.3, 0.4) is 0 Å². The standard InChI is InChI=1S/C19H24FN3O2/c1-13-6-7-15(20)16-14(13)5-4-10-22(16)11-12-23-17(24)19(21-18(23)25)8-2-3-9-19/h6-7H,2-5,8-12H2,1H3,(H,21,25). The van der Waals surface area contributed by atoms with Gasteiger partial charge in [0.1, 0.15) is 11.4 Å². The zero-order chi connectivity index (χ0) is 17.6. The number of hydrogen-bond donors (Lipinski definition) is 1. The van der Waals surface area contributed by atoms with Gasteiger partial charge in [-0.05, 0) is 49.8 Å². The third-order valence-electron chi connectivity index (χ3n) is 5.94. The lowest BCUT2D eigenvalue weighted by Crippen LogP contribution is -2.45. The van der Waals surface area contributed by atoms with E-state index in [1.807, 2.05) is 17.9 Å². The quantitative estimate of drug-likeness (QED) is 0.857. The number of aryl methyl sites for hydroxylation is 1. The first-order valence-electron chi connectivity index (χ1n) is 9.19. The monoisotopic (exact) mass is 345 g/mol. The molecule has 0 unspecified atom stereocenters. The van der Waals surface area contributed by atoms with Crippen molar-refractivity contribution < 1.29 is 14.0 Å². The average Bonchev–Trinajstić information content (AvgIpc) is 3.16. The van der Waals surface area contributed by atoms with Crippen molar-refractivity contribution >= 4 is 17.6 Å². The Morgan fingerprint density at radius 2 is 1.92 bits per heavy atom. The molecule has 25 heavy (non-hydrogen) atoms. The van der Waals surface area contributed by atoms with Crippen molar-refractivity contribution in [2.24, 2.45) is 0 Å². The van der Waals surface area contributed by atoms with Crippen LogP contribution in [-0.2, 0) is 11.2 Å². The molecule has 1 aromatic rings. The van der Waals surface area contributed by atoms with Crippen LogP contribution in [0.15, 0.2) is 12.1 Å². The minimum absolute atomic E-state index is 0.100. The molecule has 1 saturated carbocycles. The molecule has 2 aliphatic heterocycles. The number of halogens is 1. The second kappa shape index (κ2) is 6.00. The zero-order valence-corrected chi connectivity index (χ0v) is 14.6. The average molecular weight is 345 g/mol. The van der Waals surface area contributed by atoms with E-state index in [1.54, 1.807) is 0 Å². The Hall–Kier alpha value is -2.11. The third-order valence-corrected chi connectivity index (χ3v) is 5.94. The van der Waals surface area contributed by atoms with E-state index in [0.29, 0.717) is 18.8 Å². The number of anilines is 1. The van der Waals surface area contributed by atoms with Gasteiger partial charge >= 0.3 is 6.03 Å². The highest BCUT2D eigenvalue weighted by atomic mass is 19.1. The van der Waals surface area contributed by atoms with Gasteiger partial charge in [0.25, 0.3) is 5.91 Å². The minimum Gasteiger partial charge on any atom is -0.367 e. The molecule has 1 aromatic carbocycles. The van der Waals surface area contributed by atoms with Crippen LogP contribution in [-0.4, -0.2) is 42.0 Å². The Bertz CT molecular complexity index is 728. The molecule has 0 radical (unpaired) electrons. The summed E-state index contributed by atoms with van der Waals surface area (Å²) in [6.45, 7) is 3.53. The van der Waals surface area contributed by atoms with E-state index in [2.05, 4.69) is 5.32 Å². The summed E-state index contributed by atoms with van der Waals surface area (Å²) in [5.74, 6) is -0.318. The van der Waals surface area contributed by atoms with E-state index in [0.717, 1.165) is 56.2 Å². The van der Waals surface area contributed by atoms with E-state index in [1.165, 1.54) is 11.0 Å². The molecule has 3 amide bonds. The molecule has 1 saturated heterocycles. The van der Waals surface area contributed by atoms with Crippen molar-refractivity contribution in [1.82, 2.24) is 10.2 Å². The van der Waals surface area contributed by atoms with Crippen LogP contribution in [0.25, 0.3) is 0 Å².